The van der Waals surface area contributed by atoms with Crippen LogP contribution in [0, 0.1) is 0 Å². The minimum Gasteiger partial charge on any atom is -0.486 e. The Balaban J connectivity index is 1.75. The third-order valence-corrected chi connectivity index (χ3v) is 5.29. The van der Waals surface area contributed by atoms with Gasteiger partial charge in [-0.05, 0) is 30.3 Å². The van der Waals surface area contributed by atoms with Gasteiger partial charge in [0.2, 0.25) is 0 Å². The van der Waals surface area contributed by atoms with E-state index in [2.05, 4.69) is 10.1 Å². The van der Waals surface area contributed by atoms with Crippen LogP contribution >= 0.6 is 11.6 Å². The molecule has 1 N–H and O–H groups in total. The van der Waals surface area contributed by atoms with Crippen LogP contribution in [0.25, 0.3) is 11.3 Å². The zero-order valence-electron chi connectivity index (χ0n) is 17.7. The number of alkyl halides is 6. The van der Waals surface area contributed by atoms with E-state index in [0.717, 1.165) is 19.3 Å². The lowest BCUT2D eigenvalue weighted by molar-refractivity contribution is -0.141. The largest absolute Gasteiger partial charge is 0.486 e. The third kappa shape index (κ3) is 5.20. The van der Waals surface area contributed by atoms with Crippen molar-refractivity contribution in [3.05, 3.63) is 58.5 Å². The molecule has 1 aliphatic heterocycles. The molecule has 0 radical (unpaired) electrons. The third-order valence-electron chi connectivity index (χ3n) is 4.96. The van der Waals surface area contributed by atoms with Crippen molar-refractivity contribution in [1.82, 2.24) is 14.8 Å². The molecule has 1 amide bonds. The number of hydrogen-bond donors (Lipinski definition) is 1. The number of benzene rings is 1. The van der Waals surface area contributed by atoms with Gasteiger partial charge in [-0.2, -0.15) is 31.4 Å². The predicted octanol–water partition coefficient (Wildman–Crippen LogP) is 5.20. The fourth-order valence-electron chi connectivity index (χ4n) is 3.33. The molecule has 1 fully saturated rings. The predicted molar refractivity (Wildman–Crippen MR) is 111 cm³/mol. The quantitative estimate of drug-likeness (QED) is 0.468. The van der Waals surface area contributed by atoms with Crippen LogP contribution in [0.4, 0.5) is 32.0 Å². The standard InChI is InChI=1S/C21H15ClF6N4O3/c1-32-18(19(33)30-10-4-5-29-15(6-10)20(23,24)25)16(21(26,27)28)17(31-32)13-7-11(2-3-14(13)22)35-12-8-34-9-12/h2-7,12H,8-9H2,1H3,(H,29,30,33). The summed E-state index contributed by atoms with van der Waals surface area (Å²) in [6, 6.07) is 5.58. The molecular weight excluding hydrogens is 506 g/mol. The number of pyridine rings is 1. The van der Waals surface area contributed by atoms with Crippen molar-refractivity contribution >= 4 is 23.2 Å². The van der Waals surface area contributed by atoms with Crippen LogP contribution in [0.15, 0.2) is 36.5 Å². The summed E-state index contributed by atoms with van der Waals surface area (Å²) in [5.74, 6) is -1.10. The second-order valence-electron chi connectivity index (χ2n) is 7.49. The first kappa shape index (κ1) is 24.8. The molecule has 3 heterocycles. The molecule has 0 spiro atoms. The summed E-state index contributed by atoms with van der Waals surface area (Å²) in [4.78, 5) is 16.0. The smallest absolute Gasteiger partial charge is 0.433 e. The maximum atomic E-state index is 14.2. The Morgan fingerprint density at radius 2 is 1.86 bits per heavy atom. The van der Waals surface area contributed by atoms with E-state index in [-0.39, 0.29) is 22.4 Å². The zero-order valence-corrected chi connectivity index (χ0v) is 18.4. The Morgan fingerprint density at radius 1 is 1.14 bits per heavy atom. The van der Waals surface area contributed by atoms with Crippen molar-refractivity contribution in [2.45, 2.75) is 18.5 Å². The van der Waals surface area contributed by atoms with Gasteiger partial charge < -0.3 is 14.8 Å². The van der Waals surface area contributed by atoms with Gasteiger partial charge in [0.05, 0.1) is 18.2 Å². The lowest BCUT2D eigenvalue weighted by atomic mass is 10.0. The molecule has 0 aliphatic carbocycles. The molecule has 0 bridgehead atoms. The number of hydrogen-bond acceptors (Lipinski definition) is 5. The van der Waals surface area contributed by atoms with E-state index < -0.39 is 46.6 Å². The topological polar surface area (TPSA) is 78.3 Å². The lowest BCUT2D eigenvalue weighted by Gasteiger charge is -2.27. The maximum absolute atomic E-state index is 14.2. The van der Waals surface area contributed by atoms with Gasteiger partial charge in [0.25, 0.3) is 5.91 Å². The van der Waals surface area contributed by atoms with Crippen molar-refractivity contribution < 1.29 is 40.6 Å². The Kier molecular flexibility index (Phi) is 6.40. The van der Waals surface area contributed by atoms with Crippen LogP contribution in [0.5, 0.6) is 5.75 Å². The number of anilines is 1. The molecule has 35 heavy (non-hydrogen) atoms. The van der Waals surface area contributed by atoms with Crippen LogP contribution in [0.1, 0.15) is 21.7 Å². The highest BCUT2D eigenvalue weighted by Gasteiger charge is 2.43. The summed E-state index contributed by atoms with van der Waals surface area (Å²) in [6.07, 6.45) is -9.37. The van der Waals surface area contributed by atoms with E-state index in [1.165, 1.54) is 18.2 Å². The highest BCUT2D eigenvalue weighted by Crippen LogP contribution is 2.42. The molecular formula is C21H15ClF6N4O3. The van der Waals surface area contributed by atoms with Crippen LogP contribution in [0.2, 0.25) is 5.02 Å². The molecule has 0 unspecified atom stereocenters. The van der Waals surface area contributed by atoms with Gasteiger partial charge in [-0.15, -0.1) is 0 Å². The monoisotopic (exact) mass is 520 g/mol. The van der Waals surface area contributed by atoms with Gasteiger partial charge in [0, 0.05) is 24.5 Å². The molecule has 14 heteroatoms. The minimum absolute atomic E-state index is 0.0817. The summed E-state index contributed by atoms with van der Waals surface area (Å²) < 4.78 is 92.5. The number of rotatable bonds is 5. The van der Waals surface area contributed by atoms with Gasteiger partial charge in [-0.1, -0.05) is 11.6 Å². The molecule has 4 rings (SSSR count). The fraction of sp³-hybridized carbons (Fsp3) is 0.286. The number of halogens is 7. The second-order valence-corrected chi connectivity index (χ2v) is 7.90. The fourth-order valence-corrected chi connectivity index (χ4v) is 3.54. The molecule has 7 nitrogen and oxygen atoms in total. The normalized spacial score (nSPS) is 14.5. The summed E-state index contributed by atoms with van der Waals surface area (Å²) in [5.41, 5.74) is -4.84. The van der Waals surface area contributed by atoms with Gasteiger partial charge in [0.1, 0.15) is 34.5 Å². The van der Waals surface area contributed by atoms with E-state index in [4.69, 9.17) is 21.1 Å². The Hall–Kier alpha value is -3.32. The Morgan fingerprint density at radius 3 is 2.46 bits per heavy atom. The van der Waals surface area contributed by atoms with Gasteiger partial charge in [-0.25, -0.2) is 0 Å². The number of carbonyl (C=O) groups excluding carboxylic acids is 1. The molecule has 3 aromatic rings. The van der Waals surface area contributed by atoms with Crippen LogP contribution in [-0.4, -0.2) is 40.0 Å². The van der Waals surface area contributed by atoms with Crippen molar-refractivity contribution in [1.29, 1.82) is 0 Å². The maximum Gasteiger partial charge on any atom is 0.433 e. The highest BCUT2D eigenvalue weighted by molar-refractivity contribution is 6.33. The van der Waals surface area contributed by atoms with Crippen molar-refractivity contribution in [2.24, 2.45) is 7.05 Å². The van der Waals surface area contributed by atoms with Gasteiger partial charge in [0.15, 0.2) is 0 Å². The molecule has 1 aromatic carbocycles. The van der Waals surface area contributed by atoms with Crippen LogP contribution in [-0.2, 0) is 24.1 Å². The highest BCUT2D eigenvalue weighted by atomic mass is 35.5. The number of nitrogens with zero attached hydrogens (tertiary/aromatic N) is 3. The van der Waals surface area contributed by atoms with Crippen molar-refractivity contribution in [3.63, 3.8) is 0 Å². The van der Waals surface area contributed by atoms with E-state index >= 15 is 0 Å². The van der Waals surface area contributed by atoms with Crippen molar-refractivity contribution in [2.75, 3.05) is 18.5 Å². The first-order chi connectivity index (χ1) is 16.3. The molecule has 186 valence electrons. The van der Waals surface area contributed by atoms with Gasteiger partial charge >= 0.3 is 12.4 Å². The number of ether oxygens (including phenoxy) is 2. The Bertz CT molecular complexity index is 1270. The number of nitrogens with one attached hydrogen (secondary N) is 1. The molecule has 2 aromatic heterocycles. The summed E-state index contributed by atoms with van der Waals surface area (Å²) in [5, 5.41) is 5.82. The molecule has 1 saturated heterocycles. The average molecular weight is 521 g/mol. The van der Waals surface area contributed by atoms with E-state index in [9.17, 15) is 31.1 Å². The number of carbonyl (C=O) groups is 1. The number of amides is 1. The van der Waals surface area contributed by atoms with Crippen LogP contribution < -0.4 is 10.1 Å². The zero-order chi connectivity index (χ0) is 25.5. The number of aromatic nitrogens is 3. The second kappa shape index (κ2) is 9.04. The van der Waals surface area contributed by atoms with E-state index in [0.29, 0.717) is 24.0 Å². The summed E-state index contributed by atoms with van der Waals surface area (Å²) in [6.45, 7) is 0.648. The first-order valence-corrected chi connectivity index (χ1v) is 10.3. The first-order valence-electron chi connectivity index (χ1n) is 9.87. The average Bonchev–Trinajstić information content (AvgIpc) is 3.09. The minimum atomic E-state index is -5.06. The van der Waals surface area contributed by atoms with Crippen molar-refractivity contribution in [3.8, 4) is 17.0 Å². The molecule has 0 atom stereocenters. The number of aryl methyl sites for hydroxylation is 1. The lowest BCUT2D eigenvalue weighted by Crippen LogP contribution is -2.38. The van der Waals surface area contributed by atoms with Crippen LogP contribution in [0.3, 0.4) is 0 Å². The Labute approximate surface area is 198 Å². The molecule has 1 aliphatic rings. The summed E-state index contributed by atoms with van der Waals surface area (Å²) >= 11 is 6.16. The van der Waals surface area contributed by atoms with E-state index in [1.807, 2.05) is 5.32 Å². The summed E-state index contributed by atoms with van der Waals surface area (Å²) in [7, 11) is 1.10. The van der Waals surface area contributed by atoms with Gasteiger partial charge in [-0.3, -0.25) is 14.5 Å². The molecule has 0 saturated carbocycles. The van der Waals surface area contributed by atoms with E-state index in [1.54, 1.807) is 0 Å². The SMILES string of the molecule is Cn1nc(-c2cc(OC3COC3)ccc2Cl)c(C(F)(F)F)c1C(=O)Nc1ccnc(C(F)(F)F)c1.